The molecular weight excluding hydrogens is 689 g/mol. The van der Waals surface area contributed by atoms with Crippen molar-refractivity contribution >= 4 is 43.7 Å². The van der Waals surface area contributed by atoms with E-state index < -0.39 is 0 Å². The van der Waals surface area contributed by atoms with Gasteiger partial charge >= 0.3 is 0 Å². The third-order valence-corrected chi connectivity index (χ3v) is 10.6. The zero-order valence-electron chi connectivity index (χ0n) is 30.4. The molecule has 11 rings (SSSR count). The first-order chi connectivity index (χ1) is 26.9. The zero-order valence-corrected chi connectivity index (χ0v) is 30.4. The van der Waals surface area contributed by atoms with Gasteiger partial charge in [0.1, 0.15) is 22.9 Å². The van der Waals surface area contributed by atoms with Gasteiger partial charge in [-0.05, 0) is 89.8 Å². The molecule has 6 heterocycles. The van der Waals surface area contributed by atoms with Crippen LogP contribution in [0.1, 0.15) is 22.3 Å². The SMILES string of the molecule is COc1cc(CO)cc(-c2c3c(nc4cc(C)ccc24)-c2nc4ccccc4c(=O)n2C3)c1.COc1ccc2nc3n(c2c1)Cc1cc2ccccc2nc1-3. The highest BCUT2D eigenvalue weighted by Gasteiger charge is 2.29. The first kappa shape index (κ1) is 32.7. The van der Waals surface area contributed by atoms with Crippen LogP contribution in [0.2, 0.25) is 0 Å². The van der Waals surface area contributed by atoms with Gasteiger partial charge in [-0.25, -0.2) is 19.9 Å². The van der Waals surface area contributed by atoms with E-state index in [1.54, 1.807) is 18.8 Å². The lowest BCUT2D eigenvalue weighted by molar-refractivity contribution is 0.281. The smallest absolute Gasteiger partial charge is 0.262 e. The van der Waals surface area contributed by atoms with Crippen molar-refractivity contribution in [1.82, 2.24) is 29.1 Å². The molecule has 1 N–H and O–H groups in total. The van der Waals surface area contributed by atoms with Gasteiger partial charge in [0.2, 0.25) is 0 Å². The summed E-state index contributed by atoms with van der Waals surface area (Å²) < 4.78 is 14.8. The number of hydrogen-bond donors (Lipinski definition) is 1. The number of fused-ring (bicyclic) bond motifs is 11. The summed E-state index contributed by atoms with van der Waals surface area (Å²) >= 11 is 0. The number of para-hydroxylation sites is 2. The number of methoxy groups -OCH3 is 2. The van der Waals surface area contributed by atoms with Gasteiger partial charge in [0.15, 0.2) is 11.6 Å². The number of aliphatic hydroxyl groups excluding tert-OH is 1. The number of imidazole rings is 1. The average Bonchev–Trinajstić information content (AvgIpc) is 3.88. The summed E-state index contributed by atoms with van der Waals surface area (Å²) in [7, 11) is 3.30. The Morgan fingerprint density at radius 2 is 1.42 bits per heavy atom. The van der Waals surface area contributed by atoms with Crippen LogP contribution in [-0.4, -0.2) is 48.4 Å². The molecule has 0 saturated heterocycles. The molecule has 0 aliphatic carbocycles. The number of nitrogens with zero attached hydrogens (tertiary/aromatic N) is 6. The van der Waals surface area contributed by atoms with E-state index in [-0.39, 0.29) is 12.2 Å². The van der Waals surface area contributed by atoms with Crippen molar-refractivity contribution < 1.29 is 14.6 Å². The van der Waals surface area contributed by atoms with Crippen molar-refractivity contribution in [3.05, 3.63) is 142 Å². The maximum atomic E-state index is 13.3. The van der Waals surface area contributed by atoms with Crippen LogP contribution in [0.25, 0.3) is 77.9 Å². The van der Waals surface area contributed by atoms with Crippen molar-refractivity contribution in [3.63, 3.8) is 0 Å². The van der Waals surface area contributed by atoms with E-state index in [2.05, 4.69) is 28.8 Å². The third kappa shape index (κ3) is 5.25. The van der Waals surface area contributed by atoms with E-state index in [0.717, 1.165) is 84.8 Å². The number of aryl methyl sites for hydroxylation is 1. The minimum Gasteiger partial charge on any atom is -0.497 e. The second-order valence-electron chi connectivity index (χ2n) is 14.0. The third-order valence-electron chi connectivity index (χ3n) is 10.6. The summed E-state index contributed by atoms with van der Waals surface area (Å²) in [6.07, 6.45) is 0. The van der Waals surface area contributed by atoms with E-state index in [1.807, 2.05) is 91.9 Å². The second kappa shape index (κ2) is 12.6. The summed E-state index contributed by atoms with van der Waals surface area (Å²) in [6.45, 7) is 3.14. The van der Waals surface area contributed by atoms with Crippen LogP contribution in [0, 0.1) is 6.92 Å². The van der Waals surface area contributed by atoms with Gasteiger partial charge in [0.05, 0.1) is 66.9 Å². The minimum absolute atomic E-state index is 0.0681. The quantitative estimate of drug-likeness (QED) is 0.194. The molecule has 268 valence electrons. The Balaban J connectivity index is 0.000000146. The summed E-state index contributed by atoms with van der Waals surface area (Å²) in [5, 5.41) is 12.6. The van der Waals surface area contributed by atoms with Crippen molar-refractivity contribution in [3.8, 4) is 45.7 Å². The fraction of sp³-hybridized carbons (Fsp3) is 0.133. The molecule has 5 aromatic carbocycles. The highest BCUT2D eigenvalue weighted by atomic mass is 16.5. The maximum absolute atomic E-state index is 13.3. The Morgan fingerprint density at radius 3 is 2.25 bits per heavy atom. The van der Waals surface area contributed by atoms with Crippen LogP contribution in [0.3, 0.4) is 0 Å². The van der Waals surface area contributed by atoms with E-state index in [0.29, 0.717) is 29.0 Å². The molecule has 0 saturated carbocycles. The number of hydrogen-bond acceptors (Lipinski definition) is 8. The molecule has 4 aromatic heterocycles. The molecule has 0 unspecified atom stereocenters. The highest BCUT2D eigenvalue weighted by Crippen LogP contribution is 2.42. The Bertz CT molecular complexity index is 3090. The van der Waals surface area contributed by atoms with Crippen LogP contribution >= 0.6 is 0 Å². The fourth-order valence-corrected chi connectivity index (χ4v) is 7.97. The molecule has 0 bridgehead atoms. The molecule has 0 fully saturated rings. The summed E-state index contributed by atoms with van der Waals surface area (Å²) in [5.41, 5.74) is 12.2. The second-order valence-corrected chi connectivity index (χ2v) is 14.0. The van der Waals surface area contributed by atoms with Crippen LogP contribution in [-0.2, 0) is 19.7 Å². The average molecular weight is 723 g/mol. The van der Waals surface area contributed by atoms with Gasteiger partial charge in [-0.1, -0.05) is 42.5 Å². The lowest BCUT2D eigenvalue weighted by Gasteiger charge is -2.15. The van der Waals surface area contributed by atoms with Crippen molar-refractivity contribution in [2.45, 2.75) is 26.6 Å². The van der Waals surface area contributed by atoms with Gasteiger partial charge in [0.25, 0.3) is 5.56 Å². The first-order valence-corrected chi connectivity index (χ1v) is 18.1. The van der Waals surface area contributed by atoms with Crippen molar-refractivity contribution in [2.75, 3.05) is 14.2 Å². The molecule has 2 aliphatic heterocycles. The van der Waals surface area contributed by atoms with Gasteiger partial charge in [-0.15, -0.1) is 0 Å². The lowest BCUT2D eigenvalue weighted by atomic mass is 9.93. The molecule has 10 nitrogen and oxygen atoms in total. The molecule has 0 amide bonds. The van der Waals surface area contributed by atoms with Crippen molar-refractivity contribution in [1.29, 1.82) is 0 Å². The first-order valence-electron chi connectivity index (χ1n) is 18.1. The normalized spacial score (nSPS) is 12.4. The number of pyridine rings is 2. The number of aliphatic hydroxyl groups is 1. The van der Waals surface area contributed by atoms with Gasteiger partial charge in [-0.3, -0.25) is 9.36 Å². The van der Waals surface area contributed by atoms with Crippen LogP contribution < -0.4 is 15.0 Å². The van der Waals surface area contributed by atoms with Gasteiger partial charge in [0, 0.05) is 28.0 Å². The standard InChI is InChI=1S/C27H21N3O3.C18H13N3O/c1-15-7-8-19-23(9-15)28-25-21(24(19)17-10-16(14-31)11-18(12-17)33-2)13-30-26(25)29-22-6-4-3-5-20(22)27(30)32;1-22-13-6-7-15-16(9-13)21-10-12-8-11-4-2-3-5-14(11)19-17(12)18(21)20-15/h3-12,31H,13-14H2,1-2H3;2-9H,10H2,1H3. The predicted molar refractivity (Wildman–Crippen MR) is 215 cm³/mol. The van der Waals surface area contributed by atoms with Crippen LogP contribution in [0.4, 0.5) is 0 Å². The molecule has 0 spiro atoms. The Morgan fingerprint density at radius 1 is 0.655 bits per heavy atom. The van der Waals surface area contributed by atoms with E-state index >= 15 is 0 Å². The predicted octanol–water partition coefficient (Wildman–Crippen LogP) is 8.07. The Kier molecular flexibility index (Phi) is 7.50. The molecule has 0 atom stereocenters. The zero-order chi connectivity index (χ0) is 37.4. The molecule has 9 aromatic rings. The largest absolute Gasteiger partial charge is 0.497 e. The Hall–Kier alpha value is -6.91. The lowest BCUT2D eigenvalue weighted by Crippen LogP contribution is -2.20. The number of benzene rings is 5. The van der Waals surface area contributed by atoms with E-state index in [4.69, 9.17) is 29.4 Å². The molecule has 0 radical (unpaired) electrons. The van der Waals surface area contributed by atoms with Crippen LogP contribution in [0.5, 0.6) is 11.5 Å². The number of aromatic nitrogens is 6. The van der Waals surface area contributed by atoms with Gasteiger partial charge in [-0.2, -0.15) is 0 Å². The van der Waals surface area contributed by atoms with E-state index in [1.165, 1.54) is 10.9 Å². The molecule has 10 heteroatoms. The summed E-state index contributed by atoms with van der Waals surface area (Å²) in [5.74, 6) is 3.05. The molecule has 55 heavy (non-hydrogen) atoms. The van der Waals surface area contributed by atoms with E-state index in [9.17, 15) is 9.90 Å². The summed E-state index contributed by atoms with van der Waals surface area (Å²) in [6, 6.07) is 35.8. The summed E-state index contributed by atoms with van der Waals surface area (Å²) in [4.78, 5) is 32.7. The number of ether oxygens (including phenoxy) is 2. The van der Waals surface area contributed by atoms with Crippen molar-refractivity contribution in [2.24, 2.45) is 0 Å². The minimum atomic E-state index is -0.0961. The van der Waals surface area contributed by atoms with Crippen LogP contribution in [0.15, 0.2) is 114 Å². The number of rotatable bonds is 4. The van der Waals surface area contributed by atoms with Gasteiger partial charge < -0.3 is 19.1 Å². The molecular formula is C45H34N6O4. The molecule has 2 aliphatic rings. The fourth-order valence-electron chi connectivity index (χ4n) is 7.97. The Labute approximate surface area is 314 Å². The highest BCUT2D eigenvalue weighted by molar-refractivity contribution is 6.00. The topological polar surface area (TPSA) is 117 Å². The maximum Gasteiger partial charge on any atom is 0.262 e. The monoisotopic (exact) mass is 722 g/mol.